The Morgan fingerprint density at radius 1 is 0.923 bits per heavy atom. The van der Waals surface area contributed by atoms with Crippen molar-refractivity contribution in [1.29, 1.82) is 0 Å². The van der Waals surface area contributed by atoms with Gasteiger partial charge in [0.05, 0.1) is 17.3 Å². The second kappa shape index (κ2) is 6.88. The molecular weight excluding hydrogens is 328 g/mol. The number of hydrogen-bond acceptors (Lipinski definition) is 3. The molecule has 5 heteroatoms. The van der Waals surface area contributed by atoms with Gasteiger partial charge in [-0.15, -0.1) is 0 Å². The number of carbonyl (C=O) groups is 1. The number of nitrogens with zero attached hydrogens (tertiary/aromatic N) is 1. The van der Waals surface area contributed by atoms with Gasteiger partial charge >= 0.3 is 0 Å². The van der Waals surface area contributed by atoms with E-state index in [1.54, 1.807) is 18.4 Å². The maximum absolute atomic E-state index is 12.7. The zero-order valence-electron chi connectivity index (χ0n) is 14.1. The van der Waals surface area contributed by atoms with Crippen molar-refractivity contribution in [1.82, 2.24) is 9.88 Å². The molecule has 130 valence electrons. The molecule has 0 bridgehead atoms. The van der Waals surface area contributed by atoms with Crippen LogP contribution >= 0.6 is 0 Å². The molecule has 4 rings (SSSR count). The molecule has 0 saturated heterocycles. The van der Waals surface area contributed by atoms with Gasteiger partial charge in [0, 0.05) is 23.7 Å². The molecule has 1 amide bonds. The predicted molar refractivity (Wildman–Crippen MR) is 101 cm³/mol. The second-order valence-electron chi connectivity index (χ2n) is 6.13. The Morgan fingerprint density at radius 2 is 1.58 bits per heavy atom. The number of amides is 1. The third-order valence-electron chi connectivity index (χ3n) is 4.45. The fourth-order valence-corrected chi connectivity index (χ4v) is 3.23. The van der Waals surface area contributed by atoms with Crippen molar-refractivity contribution in [2.24, 2.45) is 0 Å². The number of rotatable bonds is 5. The average molecular weight is 346 g/mol. The van der Waals surface area contributed by atoms with Crippen molar-refractivity contribution in [3.05, 3.63) is 82.9 Å². The minimum absolute atomic E-state index is 0.00863. The van der Waals surface area contributed by atoms with E-state index >= 15 is 0 Å². The van der Waals surface area contributed by atoms with Crippen molar-refractivity contribution in [3.8, 4) is 0 Å². The number of hydrogen-bond donors (Lipinski definition) is 1. The van der Waals surface area contributed by atoms with Crippen LogP contribution in [0.15, 0.2) is 76.1 Å². The summed E-state index contributed by atoms with van der Waals surface area (Å²) < 4.78 is 7.17. The van der Waals surface area contributed by atoms with E-state index in [4.69, 9.17) is 4.42 Å². The van der Waals surface area contributed by atoms with Crippen LogP contribution < -0.4 is 10.7 Å². The Bertz CT molecular complexity index is 1070. The lowest BCUT2D eigenvalue weighted by molar-refractivity contribution is -0.121. The van der Waals surface area contributed by atoms with Gasteiger partial charge in [-0.1, -0.05) is 24.3 Å². The largest absolute Gasteiger partial charge is 0.469 e. The summed E-state index contributed by atoms with van der Waals surface area (Å²) in [6.45, 7) is 0.655. The fraction of sp³-hybridized carbons (Fsp3) is 0.143. The Hall–Kier alpha value is -3.34. The van der Waals surface area contributed by atoms with E-state index in [0.717, 1.165) is 16.8 Å². The first kappa shape index (κ1) is 16.1. The van der Waals surface area contributed by atoms with Crippen molar-refractivity contribution in [3.63, 3.8) is 0 Å². The van der Waals surface area contributed by atoms with Gasteiger partial charge in [0.15, 0.2) is 5.43 Å². The van der Waals surface area contributed by atoms with Gasteiger partial charge in [0.25, 0.3) is 0 Å². The quantitative estimate of drug-likeness (QED) is 0.565. The highest BCUT2D eigenvalue weighted by atomic mass is 16.3. The molecule has 0 spiro atoms. The molecule has 2 heterocycles. The van der Waals surface area contributed by atoms with E-state index in [0.29, 0.717) is 23.7 Å². The van der Waals surface area contributed by atoms with Crippen molar-refractivity contribution >= 4 is 27.7 Å². The fourth-order valence-electron chi connectivity index (χ4n) is 3.23. The molecule has 0 aliphatic carbocycles. The third kappa shape index (κ3) is 2.99. The highest BCUT2D eigenvalue weighted by molar-refractivity contribution is 5.94. The molecule has 0 aliphatic heterocycles. The van der Waals surface area contributed by atoms with Crippen LogP contribution in [0.2, 0.25) is 0 Å². The summed E-state index contributed by atoms with van der Waals surface area (Å²) in [5, 5.41) is 4.16. The zero-order valence-corrected chi connectivity index (χ0v) is 14.1. The first-order valence-corrected chi connectivity index (χ1v) is 8.53. The van der Waals surface area contributed by atoms with Crippen LogP contribution in [0.25, 0.3) is 21.8 Å². The average Bonchev–Trinajstić information content (AvgIpc) is 3.19. The number of pyridine rings is 1. The van der Waals surface area contributed by atoms with E-state index in [-0.39, 0.29) is 17.9 Å². The number of furan rings is 1. The maximum Gasteiger partial charge on any atom is 0.239 e. The third-order valence-corrected chi connectivity index (χ3v) is 4.45. The highest BCUT2D eigenvalue weighted by Gasteiger charge is 2.12. The van der Waals surface area contributed by atoms with Crippen molar-refractivity contribution in [2.75, 3.05) is 6.54 Å². The van der Waals surface area contributed by atoms with E-state index < -0.39 is 0 Å². The lowest BCUT2D eigenvalue weighted by Crippen LogP contribution is -2.30. The number of carbonyl (C=O) groups excluding carboxylic acids is 1. The summed E-state index contributed by atoms with van der Waals surface area (Å²) in [6, 6.07) is 18.5. The molecule has 0 atom stereocenters. The van der Waals surface area contributed by atoms with Crippen LogP contribution in [-0.4, -0.2) is 17.0 Å². The van der Waals surface area contributed by atoms with Crippen LogP contribution in [0.3, 0.4) is 0 Å². The summed E-state index contributed by atoms with van der Waals surface area (Å²) in [5.41, 5.74) is 1.51. The minimum atomic E-state index is -0.101. The first-order chi connectivity index (χ1) is 12.7. The molecule has 0 unspecified atom stereocenters. The van der Waals surface area contributed by atoms with Gasteiger partial charge in [-0.05, 0) is 36.4 Å². The van der Waals surface area contributed by atoms with Crippen LogP contribution in [0, 0.1) is 0 Å². The summed E-state index contributed by atoms with van der Waals surface area (Å²) in [4.78, 5) is 25.2. The molecule has 0 aliphatic rings. The monoisotopic (exact) mass is 346 g/mol. The van der Waals surface area contributed by atoms with Crippen LogP contribution in [0.5, 0.6) is 0 Å². The number of aromatic nitrogens is 1. The smallest absolute Gasteiger partial charge is 0.239 e. The van der Waals surface area contributed by atoms with E-state index in [9.17, 15) is 9.59 Å². The summed E-state index contributed by atoms with van der Waals surface area (Å²) >= 11 is 0. The van der Waals surface area contributed by atoms with Gasteiger partial charge in [-0.3, -0.25) is 9.59 Å². The lowest BCUT2D eigenvalue weighted by atomic mass is 10.1. The Morgan fingerprint density at radius 3 is 2.19 bits per heavy atom. The molecule has 2 aromatic carbocycles. The molecule has 1 N–H and O–H groups in total. The molecule has 0 saturated carbocycles. The van der Waals surface area contributed by atoms with Gasteiger partial charge in [-0.2, -0.15) is 0 Å². The molecule has 2 aromatic heterocycles. The minimum Gasteiger partial charge on any atom is -0.469 e. The molecule has 0 radical (unpaired) electrons. The first-order valence-electron chi connectivity index (χ1n) is 8.53. The standard InChI is InChI=1S/C21H18N2O3/c24-20(22-12-11-15-6-5-13-26-15)14-23-18-9-3-1-7-16(18)21(25)17-8-2-4-10-19(17)23/h1-10,13H,11-12,14H2,(H,22,24). The van der Waals surface area contributed by atoms with E-state index in [1.807, 2.05) is 53.1 Å². The van der Waals surface area contributed by atoms with E-state index in [1.165, 1.54) is 0 Å². The molecule has 4 aromatic rings. The van der Waals surface area contributed by atoms with Gasteiger partial charge < -0.3 is 14.3 Å². The van der Waals surface area contributed by atoms with Gasteiger partial charge in [-0.25, -0.2) is 0 Å². The Balaban J connectivity index is 1.65. The number of benzene rings is 2. The predicted octanol–water partition coefficient (Wildman–Crippen LogP) is 3.11. The number of fused-ring (bicyclic) bond motifs is 2. The van der Waals surface area contributed by atoms with Crippen molar-refractivity contribution in [2.45, 2.75) is 13.0 Å². The van der Waals surface area contributed by atoms with Gasteiger partial charge in [0.2, 0.25) is 5.91 Å². The summed E-state index contributed by atoms with van der Waals surface area (Å²) in [6.07, 6.45) is 2.26. The van der Waals surface area contributed by atoms with Crippen molar-refractivity contribution < 1.29 is 9.21 Å². The summed E-state index contributed by atoms with van der Waals surface area (Å²) in [7, 11) is 0. The topological polar surface area (TPSA) is 64.2 Å². The van der Waals surface area contributed by atoms with Crippen LogP contribution in [0.1, 0.15) is 5.76 Å². The van der Waals surface area contributed by atoms with E-state index in [2.05, 4.69) is 5.32 Å². The van der Waals surface area contributed by atoms with Crippen LogP contribution in [-0.2, 0) is 17.8 Å². The summed E-state index contributed by atoms with van der Waals surface area (Å²) in [5.74, 6) is 0.736. The molecule has 5 nitrogen and oxygen atoms in total. The number of para-hydroxylation sites is 2. The van der Waals surface area contributed by atoms with Gasteiger partial charge in [0.1, 0.15) is 12.3 Å². The Labute approximate surface area is 149 Å². The maximum atomic E-state index is 12.7. The zero-order chi connectivity index (χ0) is 17.9. The Kier molecular flexibility index (Phi) is 4.27. The normalized spacial score (nSPS) is 11.1. The molecule has 26 heavy (non-hydrogen) atoms. The number of nitrogens with one attached hydrogen (secondary N) is 1. The highest BCUT2D eigenvalue weighted by Crippen LogP contribution is 2.18. The lowest BCUT2D eigenvalue weighted by Gasteiger charge is -2.15. The van der Waals surface area contributed by atoms with Crippen LogP contribution in [0.4, 0.5) is 0 Å². The second-order valence-corrected chi connectivity index (χ2v) is 6.13. The molecular formula is C21H18N2O3. The SMILES string of the molecule is O=C(Cn1c2ccccc2c(=O)c2ccccc21)NCCc1ccco1. The molecule has 0 fully saturated rings.